The molecule has 0 aliphatic rings. The minimum Gasteiger partial charge on any atom is -0.396 e. The van der Waals surface area contributed by atoms with Gasteiger partial charge in [-0.3, -0.25) is 9.38 Å². The Morgan fingerprint density at radius 1 is 1.46 bits per heavy atom. The van der Waals surface area contributed by atoms with Crippen LogP contribution in [0.2, 0.25) is 0 Å². The number of nitrogens with zero attached hydrogens (tertiary/aromatic N) is 3. The molecular formula is C8H9N3OS. The van der Waals surface area contributed by atoms with Crippen LogP contribution in [0.3, 0.4) is 0 Å². The highest BCUT2D eigenvalue weighted by Gasteiger charge is 2.01. The van der Waals surface area contributed by atoms with Gasteiger partial charge < -0.3 is 5.11 Å². The van der Waals surface area contributed by atoms with Crippen molar-refractivity contribution in [1.29, 1.82) is 0 Å². The van der Waals surface area contributed by atoms with E-state index < -0.39 is 0 Å². The maximum atomic E-state index is 8.67. The summed E-state index contributed by atoms with van der Waals surface area (Å²) >= 11 is 1.53. The lowest BCUT2D eigenvalue weighted by Gasteiger charge is -1.97. The summed E-state index contributed by atoms with van der Waals surface area (Å²) in [7, 11) is 0. The molecule has 0 bridgehead atoms. The summed E-state index contributed by atoms with van der Waals surface area (Å²) in [6, 6.07) is 0. The third-order valence-corrected chi connectivity index (χ3v) is 2.57. The molecule has 5 heteroatoms. The zero-order valence-electron chi connectivity index (χ0n) is 6.92. The van der Waals surface area contributed by atoms with Gasteiger partial charge >= 0.3 is 0 Å². The van der Waals surface area contributed by atoms with E-state index >= 15 is 0 Å². The van der Waals surface area contributed by atoms with Crippen molar-refractivity contribution in [1.82, 2.24) is 14.4 Å². The molecule has 2 heterocycles. The number of aromatic nitrogens is 3. The number of aliphatic hydroxyl groups is 1. The van der Waals surface area contributed by atoms with Crippen molar-refractivity contribution in [2.45, 2.75) is 5.16 Å². The van der Waals surface area contributed by atoms with Crippen LogP contribution in [-0.2, 0) is 0 Å². The molecule has 0 radical (unpaired) electrons. The van der Waals surface area contributed by atoms with E-state index in [1.54, 1.807) is 18.6 Å². The van der Waals surface area contributed by atoms with Crippen LogP contribution in [0.4, 0.5) is 0 Å². The van der Waals surface area contributed by atoms with Gasteiger partial charge in [0.15, 0.2) is 5.16 Å². The van der Waals surface area contributed by atoms with E-state index in [0.29, 0.717) is 5.75 Å². The lowest BCUT2D eigenvalue weighted by Crippen LogP contribution is -1.91. The van der Waals surface area contributed by atoms with Gasteiger partial charge in [-0.1, -0.05) is 11.8 Å². The van der Waals surface area contributed by atoms with E-state index in [0.717, 1.165) is 10.7 Å². The summed E-state index contributed by atoms with van der Waals surface area (Å²) in [6.45, 7) is 0.171. The van der Waals surface area contributed by atoms with Crippen molar-refractivity contribution in [3.05, 3.63) is 24.8 Å². The lowest BCUT2D eigenvalue weighted by atomic mass is 10.6. The van der Waals surface area contributed by atoms with Crippen LogP contribution in [0.5, 0.6) is 0 Å². The summed E-state index contributed by atoms with van der Waals surface area (Å²) in [5.74, 6) is 0.668. The molecule has 13 heavy (non-hydrogen) atoms. The highest BCUT2D eigenvalue weighted by Crippen LogP contribution is 2.16. The monoisotopic (exact) mass is 195 g/mol. The zero-order chi connectivity index (χ0) is 9.10. The zero-order valence-corrected chi connectivity index (χ0v) is 7.74. The first-order valence-corrected chi connectivity index (χ1v) is 4.91. The molecule has 2 rings (SSSR count). The van der Waals surface area contributed by atoms with Crippen LogP contribution in [0.15, 0.2) is 29.9 Å². The van der Waals surface area contributed by atoms with Gasteiger partial charge in [-0.05, 0) is 0 Å². The number of rotatable bonds is 3. The number of aliphatic hydroxyl groups excluding tert-OH is 1. The Labute approximate surface area is 79.6 Å². The summed E-state index contributed by atoms with van der Waals surface area (Å²) in [5, 5.41) is 9.56. The van der Waals surface area contributed by atoms with E-state index in [9.17, 15) is 0 Å². The average Bonchev–Trinajstić information content (AvgIpc) is 2.58. The smallest absolute Gasteiger partial charge is 0.172 e. The van der Waals surface area contributed by atoms with E-state index in [1.165, 1.54) is 11.8 Å². The third kappa shape index (κ3) is 1.66. The molecule has 0 unspecified atom stereocenters. The third-order valence-electron chi connectivity index (χ3n) is 1.62. The molecule has 0 amide bonds. The molecule has 0 spiro atoms. The SMILES string of the molecule is OCCSc1ncc2cnccn12. The number of hydrogen-bond donors (Lipinski definition) is 1. The fraction of sp³-hybridized carbons (Fsp3) is 0.250. The minimum atomic E-state index is 0.171. The van der Waals surface area contributed by atoms with Crippen molar-refractivity contribution in [2.24, 2.45) is 0 Å². The van der Waals surface area contributed by atoms with Gasteiger partial charge in [0.05, 0.1) is 24.5 Å². The van der Waals surface area contributed by atoms with Crippen molar-refractivity contribution >= 4 is 17.3 Å². The minimum absolute atomic E-state index is 0.171. The second-order valence-corrected chi connectivity index (χ2v) is 3.55. The first kappa shape index (κ1) is 8.52. The predicted molar refractivity (Wildman–Crippen MR) is 50.8 cm³/mol. The van der Waals surface area contributed by atoms with Crippen LogP contribution in [-0.4, -0.2) is 31.8 Å². The molecule has 2 aromatic heterocycles. The maximum absolute atomic E-state index is 8.67. The molecule has 68 valence electrons. The number of hydrogen-bond acceptors (Lipinski definition) is 4. The molecule has 4 nitrogen and oxygen atoms in total. The van der Waals surface area contributed by atoms with Gasteiger partial charge in [0.2, 0.25) is 0 Å². The topological polar surface area (TPSA) is 50.4 Å². The summed E-state index contributed by atoms with van der Waals surface area (Å²) < 4.78 is 1.95. The Morgan fingerprint density at radius 2 is 2.38 bits per heavy atom. The molecule has 0 saturated heterocycles. The van der Waals surface area contributed by atoms with E-state index in [4.69, 9.17) is 5.11 Å². The normalized spacial score (nSPS) is 10.8. The number of imidazole rings is 1. The van der Waals surface area contributed by atoms with Crippen molar-refractivity contribution in [2.75, 3.05) is 12.4 Å². The molecule has 0 aliphatic carbocycles. The summed E-state index contributed by atoms with van der Waals surface area (Å²) in [6.07, 6.45) is 7.11. The van der Waals surface area contributed by atoms with Crippen LogP contribution in [0.1, 0.15) is 0 Å². The molecule has 0 atom stereocenters. The first-order chi connectivity index (χ1) is 6.42. The van der Waals surface area contributed by atoms with Crippen LogP contribution >= 0.6 is 11.8 Å². The van der Waals surface area contributed by atoms with Crippen LogP contribution in [0.25, 0.3) is 5.52 Å². The van der Waals surface area contributed by atoms with E-state index in [1.807, 2.05) is 10.6 Å². The van der Waals surface area contributed by atoms with Gasteiger partial charge in [-0.15, -0.1) is 0 Å². The molecule has 0 aliphatic heterocycles. The number of thioether (sulfide) groups is 1. The highest BCUT2D eigenvalue weighted by molar-refractivity contribution is 7.99. The Morgan fingerprint density at radius 3 is 3.23 bits per heavy atom. The van der Waals surface area contributed by atoms with Crippen LogP contribution < -0.4 is 0 Å². The predicted octanol–water partition coefficient (Wildman–Crippen LogP) is 0.814. The molecule has 0 saturated carbocycles. The Hall–Kier alpha value is -1.07. The lowest BCUT2D eigenvalue weighted by molar-refractivity contribution is 0.322. The fourth-order valence-electron chi connectivity index (χ4n) is 1.07. The van der Waals surface area contributed by atoms with Gasteiger partial charge in [0, 0.05) is 18.1 Å². The van der Waals surface area contributed by atoms with E-state index in [-0.39, 0.29) is 6.61 Å². The molecule has 0 fully saturated rings. The number of fused-ring (bicyclic) bond motifs is 1. The Bertz CT molecular complexity index is 401. The summed E-state index contributed by atoms with van der Waals surface area (Å²) in [4.78, 5) is 8.19. The second-order valence-electron chi connectivity index (χ2n) is 2.48. The molecule has 0 aromatic carbocycles. The average molecular weight is 195 g/mol. The van der Waals surface area contributed by atoms with Crippen molar-refractivity contribution < 1.29 is 5.11 Å². The van der Waals surface area contributed by atoms with Crippen molar-refractivity contribution in [3.63, 3.8) is 0 Å². The van der Waals surface area contributed by atoms with Crippen molar-refractivity contribution in [3.8, 4) is 0 Å². The van der Waals surface area contributed by atoms with Gasteiger partial charge in [-0.2, -0.15) is 0 Å². The standard InChI is InChI=1S/C8H9N3OS/c12-3-4-13-8-10-6-7-5-9-1-2-11(7)8/h1-2,5-6,12H,3-4H2. The van der Waals surface area contributed by atoms with Gasteiger partial charge in [-0.25, -0.2) is 4.98 Å². The Kier molecular flexibility index (Phi) is 2.47. The first-order valence-electron chi connectivity index (χ1n) is 3.92. The largest absolute Gasteiger partial charge is 0.396 e. The van der Waals surface area contributed by atoms with Crippen LogP contribution in [0, 0.1) is 0 Å². The second kappa shape index (κ2) is 3.76. The molecular weight excluding hydrogens is 186 g/mol. The molecule has 1 N–H and O–H groups in total. The fourth-order valence-corrected chi connectivity index (χ4v) is 1.78. The Balaban J connectivity index is 2.35. The van der Waals surface area contributed by atoms with Gasteiger partial charge in [0.1, 0.15) is 0 Å². The highest BCUT2D eigenvalue weighted by atomic mass is 32.2. The quantitative estimate of drug-likeness (QED) is 0.736. The maximum Gasteiger partial charge on any atom is 0.172 e. The van der Waals surface area contributed by atoms with E-state index in [2.05, 4.69) is 9.97 Å². The van der Waals surface area contributed by atoms with Gasteiger partial charge in [0.25, 0.3) is 0 Å². The molecule has 2 aromatic rings. The summed E-state index contributed by atoms with van der Waals surface area (Å²) in [5.41, 5.74) is 0.975.